The topological polar surface area (TPSA) is 83.4 Å². The smallest absolute Gasteiger partial charge is 0.410 e. The van der Waals surface area contributed by atoms with Gasteiger partial charge >= 0.3 is 6.09 Å². The monoisotopic (exact) mass is 518 g/mol. The average molecular weight is 519 g/mol. The van der Waals surface area contributed by atoms with Gasteiger partial charge in [0.05, 0.1) is 35.7 Å². The Bertz CT molecular complexity index is 1490. The number of H-pyrrole nitrogens is 1. The quantitative estimate of drug-likeness (QED) is 0.336. The van der Waals surface area contributed by atoms with Crippen molar-refractivity contribution in [1.82, 2.24) is 19.7 Å². The van der Waals surface area contributed by atoms with Gasteiger partial charge in [-0.05, 0) is 56.9 Å². The number of aliphatic hydroxyl groups excluding tert-OH is 1. The van der Waals surface area contributed by atoms with Crippen molar-refractivity contribution >= 4 is 17.0 Å². The predicted molar refractivity (Wildman–Crippen MR) is 146 cm³/mol. The van der Waals surface area contributed by atoms with Crippen molar-refractivity contribution in [2.24, 2.45) is 0 Å². The molecule has 0 spiro atoms. The van der Waals surface area contributed by atoms with Crippen LogP contribution in [0.3, 0.4) is 0 Å². The number of aromatic nitrogens is 3. The van der Waals surface area contributed by atoms with Crippen LogP contribution in [0.1, 0.15) is 62.6 Å². The number of benzene rings is 2. The molecule has 5 rings (SSSR count). The highest BCUT2D eigenvalue weighted by molar-refractivity contribution is 5.97. The summed E-state index contributed by atoms with van der Waals surface area (Å²) in [6, 6.07) is 9.44. The van der Waals surface area contributed by atoms with Gasteiger partial charge in [-0.3, -0.25) is 0 Å². The molecule has 0 radical (unpaired) electrons. The normalized spacial score (nSPS) is 13.7. The molecule has 0 fully saturated rings. The Hall–Kier alpha value is -3.65. The van der Waals surface area contributed by atoms with Gasteiger partial charge in [0.25, 0.3) is 0 Å². The average Bonchev–Trinajstić information content (AvgIpc) is 3.51. The lowest BCUT2D eigenvalue weighted by Crippen LogP contribution is -2.39. The first-order valence-electron chi connectivity index (χ1n) is 13.3. The van der Waals surface area contributed by atoms with Gasteiger partial charge in [-0.25, -0.2) is 13.9 Å². The van der Waals surface area contributed by atoms with E-state index < -0.39 is 17.5 Å². The van der Waals surface area contributed by atoms with Gasteiger partial charge in [0.15, 0.2) is 0 Å². The fourth-order valence-corrected chi connectivity index (χ4v) is 5.40. The highest BCUT2D eigenvalue weighted by Crippen LogP contribution is 2.40. The van der Waals surface area contributed by atoms with E-state index in [4.69, 9.17) is 9.84 Å². The number of rotatable bonds is 5. The first-order chi connectivity index (χ1) is 18.2. The first kappa shape index (κ1) is 26.0. The molecule has 2 aromatic carbocycles. The zero-order valence-electron chi connectivity index (χ0n) is 22.7. The lowest BCUT2D eigenvalue weighted by molar-refractivity contribution is 0.0224. The molecule has 0 saturated carbocycles. The molecule has 4 aromatic rings. The number of aliphatic hydroxyl groups is 1. The van der Waals surface area contributed by atoms with E-state index in [0.717, 1.165) is 40.9 Å². The highest BCUT2D eigenvalue weighted by atomic mass is 19.1. The molecule has 1 aliphatic rings. The van der Waals surface area contributed by atoms with Crippen LogP contribution in [-0.4, -0.2) is 43.0 Å². The minimum Gasteiger partial charge on any atom is -0.444 e. The number of aryl methyl sites for hydroxylation is 2. The summed E-state index contributed by atoms with van der Waals surface area (Å²) in [5.41, 5.74) is 6.45. The van der Waals surface area contributed by atoms with Crippen molar-refractivity contribution < 1.29 is 19.0 Å². The summed E-state index contributed by atoms with van der Waals surface area (Å²) in [5.74, 6) is -0.438. The molecular formula is C30H35FN4O3. The molecule has 0 unspecified atom stereocenters. The molecular weight excluding hydrogens is 483 g/mol. The molecule has 0 bridgehead atoms. The largest absolute Gasteiger partial charge is 0.444 e. The molecule has 0 atom stereocenters. The molecule has 7 nitrogen and oxygen atoms in total. The summed E-state index contributed by atoms with van der Waals surface area (Å²) >= 11 is 0. The fraction of sp³-hybridized carbons (Fsp3) is 0.400. The lowest BCUT2D eigenvalue weighted by Gasteiger charge is -2.30. The molecule has 38 heavy (non-hydrogen) atoms. The van der Waals surface area contributed by atoms with E-state index in [1.54, 1.807) is 11.1 Å². The Kier molecular flexibility index (Phi) is 6.77. The lowest BCUT2D eigenvalue weighted by atomic mass is 9.95. The van der Waals surface area contributed by atoms with Gasteiger partial charge in [0, 0.05) is 41.2 Å². The minimum absolute atomic E-state index is 0.266. The zero-order valence-corrected chi connectivity index (χ0v) is 22.7. The van der Waals surface area contributed by atoms with Crippen molar-refractivity contribution in [3.8, 4) is 16.9 Å². The summed E-state index contributed by atoms with van der Waals surface area (Å²) in [6.45, 7) is 10.2. The van der Waals surface area contributed by atoms with Crippen molar-refractivity contribution in [2.75, 3.05) is 6.54 Å². The molecule has 1 aliphatic heterocycles. The van der Waals surface area contributed by atoms with E-state index in [9.17, 15) is 9.90 Å². The number of ether oxygens (including phenoxy) is 1. The Morgan fingerprint density at radius 1 is 1.16 bits per heavy atom. The van der Waals surface area contributed by atoms with Crippen LogP contribution in [-0.2, 0) is 37.2 Å². The maximum Gasteiger partial charge on any atom is 0.410 e. The summed E-state index contributed by atoms with van der Waals surface area (Å²) in [6.07, 6.45) is 3.49. The van der Waals surface area contributed by atoms with Crippen molar-refractivity contribution in [2.45, 2.75) is 72.6 Å². The molecule has 0 saturated heterocycles. The zero-order chi connectivity index (χ0) is 27.2. The number of carbonyl (C=O) groups is 1. The molecule has 1 amide bonds. The van der Waals surface area contributed by atoms with E-state index in [-0.39, 0.29) is 13.2 Å². The van der Waals surface area contributed by atoms with Crippen LogP contribution in [0, 0.1) is 5.82 Å². The summed E-state index contributed by atoms with van der Waals surface area (Å²) in [7, 11) is 0. The van der Waals surface area contributed by atoms with Crippen LogP contribution in [0.5, 0.6) is 0 Å². The number of para-hydroxylation sites is 1. The number of amides is 1. The number of nitrogens with one attached hydrogen (secondary N) is 1. The maximum absolute atomic E-state index is 16.0. The number of halogens is 1. The number of carbonyl (C=O) groups excluding carboxylic acids is 1. The van der Waals surface area contributed by atoms with Crippen molar-refractivity contribution in [1.29, 1.82) is 0 Å². The first-order valence-corrected chi connectivity index (χ1v) is 13.3. The fourth-order valence-electron chi connectivity index (χ4n) is 5.40. The molecule has 200 valence electrons. The Morgan fingerprint density at radius 3 is 2.50 bits per heavy atom. The van der Waals surface area contributed by atoms with Gasteiger partial charge in [-0.1, -0.05) is 32.0 Å². The van der Waals surface area contributed by atoms with Crippen LogP contribution in [0.25, 0.3) is 27.8 Å². The second-order valence-corrected chi connectivity index (χ2v) is 10.8. The number of hydrogen-bond donors (Lipinski definition) is 2. The van der Waals surface area contributed by atoms with E-state index in [0.29, 0.717) is 40.7 Å². The minimum atomic E-state index is -0.621. The molecule has 2 aromatic heterocycles. The van der Waals surface area contributed by atoms with E-state index in [1.807, 2.05) is 31.5 Å². The van der Waals surface area contributed by atoms with Crippen LogP contribution < -0.4 is 0 Å². The predicted octanol–water partition coefficient (Wildman–Crippen LogP) is 6.07. The Morgan fingerprint density at radius 2 is 1.87 bits per heavy atom. The molecule has 0 aliphatic carbocycles. The van der Waals surface area contributed by atoms with Crippen LogP contribution in [0.15, 0.2) is 36.5 Å². The van der Waals surface area contributed by atoms with Gasteiger partial charge in [0.1, 0.15) is 11.4 Å². The third-order valence-electron chi connectivity index (χ3n) is 7.15. The molecule has 2 N–H and O–H groups in total. The second-order valence-electron chi connectivity index (χ2n) is 10.8. The van der Waals surface area contributed by atoms with Gasteiger partial charge in [0.2, 0.25) is 0 Å². The Balaban J connectivity index is 1.79. The third kappa shape index (κ3) is 4.47. The van der Waals surface area contributed by atoms with E-state index in [1.165, 1.54) is 6.07 Å². The van der Waals surface area contributed by atoms with Gasteiger partial charge < -0.3 is 19.7 Å². The van der Waals surface area contributed by atoms with Crippen LogP contribution >= 0.6 is 0 Å². The highest BCUT2D eigenvalue weighted by Gasteiger charge is 2.33. The van der Waals surface area contributed by atoms with Crippen LogP contribution in [0.2, 0.25) is 0 Å². The van der Waals surface area contributed by atoms with Crippen molar-refractivity contribution in [3.63, 3.8) is 0 Å². The number of nitrogens with zero attached hydrogens (tertiary/aromatic N) is 3. The maximum atomic E-state index is 16.0. The van der Waals surface area contributed by atoms with Gasteiger partial charge in [-0.2, -0.15) is 5.10 Å². The second kappa shape index (κ2) is 9.91. The number of fused-ring (bicyclic) bond motifs is 2. The van der Waals surface area contributed by atoms with E-state index >= 15 is 4.39 Å². The third-order valence-corrected chi connectivity index (χ3v) is 7.15. The SMILES string of the molecule is CCc1cccc(CC)c1-n1nc2c(c1-c1c(F)cc(CO)c3[nH]ccc13)CN(C(=O)OC(C)(C)C)CC2. The Labute approximate surface area is 222 Å². The standard InChI is InChI=1S/C30H35FN4O3/c1-6-18-9-8-10-19(7-2)27(18)35-28(25-21-11-13-32-26(21)20(17-36)15-23(25)31)22-16-34(14-12-24(22)33-35)29(37)38-30(3,4)5/h8-11,13,15,32,36H,6-7,12,14,16-17H2,1-5H3. The summed E-state index contributed by atoms with van der Waals surface area (Å²) < 4.78 is 23.6. The molecule has 8 heteroatoms. The van der Waals surface area contributed by atoms with Gasteiger partial charge in [-0.15, -0.1) is 0 Å². The van der Waals surface area contributed by atoms with Crippen LogP contribution in [0.4, 0.5) is 9.18 Å². The number of hydrogen-bond acceptors (Lipinski definition) is 4. The van der Waals surface area contributed by atoms with Crippen molar-refractivity contribution in [3.05, 3.63) is 70.3 Å². The molecule has 3 heterocycles. The summed E-state index contributed by atoms with van der Waals surface area (Å²) in [4.78, 5) is 17.9. The summed E-state index contributed by atoms with van der Waals surface area (Å²) in [5, 5.41) is 15.6. The number of aromatic amines is 1. The van der Waals surface area contributed by atoms with E-state index in [2.05, 4.69) is 37.0 Å².